The Morgan fingerprint density at radius 2 is 1.62 bits per heavy atom. The molecule has 1 aliphatic rings. The number of esters is 1. The van der Waals surface area contributed by atoms with Crippen LogP contribution in [0.15, 0.2) is 81.9 Å². The average Bonchev–Trinajstić information content (AvgIpc) is 3.49. The average molecular weight is 530 g/mol. The normalized spacial score (nSPS) is 14.0. The first kappa shape index (κ1) is 26.9. The molecule has 1 aromatic heterocycles. The van der Waals surface area contributed by atoms with Gasteiger partial charge in [0, 0.05) is 17.1 Å². The molecule has 4 rings (SSSR count). The van der Waals surface area contributed by atoms with Crippen LogP contribution in [0.3, 0.4) is 0 Å². The molecule has 2 N–H and O–H groups in total. The Morgan fingerprint density at radius 1 is 0.923 bits per heavy atom. The molecule has 3 amide bonds. The Hall–Kier alpha value is -5.12. The molecule has 0 saturated carbocycles. The van der Waals surface area contributed by atoms with E-state index in [4.69, 9.17) is 13.9 Å². The van der Waals surface area contributed by atoms with E-state index in [0.717, 1.165) is 5.56 Å². The van der Waals surface area contributed by atoms with Crippen LogP contribution >= 0.6 is 0 Å². The highest BCUT2D eigenvalue weighted by Gasteiger charge is 2.38. The molecule has 10 nitrogen and oxygen atoms in total. The van der Waals surface area contributed by atoms with Crippen molar-refractivity contribution < 1.29 is 33.1 Å². The van der Waals surface area contributed by atoms with Gasteiger partial charge in [-0.3, -0.25) is 19.3 Å². The van der Waals surface area contributed by atoms with Crippen LogP contribution in [0.5, 0.6) is 5.75 Å². The predicted molar refractivity (Wildman–Crippen MR) is 144 cm³/mol. The lowest BCUT2D eigenvalue weighted by Gasteiger charge is -2.18. The largest absolute Gasteiger partial charge is 0.497 e. The summed E-state index contributed by atoms with van der Waals surface area (Å²) in [5.74, 6) is -1.50. The van der Waals surface area contributed by atoms with Crippen LogP contribution in [0, 0.1) is 6.92 Å². The number of nitrogens with zero attached hydrogens (tertiary/aromatic N) is 1. The van der Waals surface area contributed by atoms with E-state index < -0.39 is 23.7 Å². The smallest absolute Gasteiger partial charge is 0.340 e. The fraction of sp³-hybridized carbons (Fsp3) is 0.172. The maximum atomic E-state index is 13.4. The van der Waals surface area contributed by atoms with Gasteiger partial charge in [0.05, 0.1) is 31.9 Å². The van der Waals surface area contributed by atoms with Crippen molar-refractivity contribution in [2.75, 3.05) is 24.4 Å². The minimum atomic E-state index is -0.834. The number of anilines is 2. The van der Waals surface area contributed by atoms with E-state index in [2.05, 4.69) is 10.6 Å². The topological polar surface area (TPSA) is 127 Å². The molecule has 0 saturated heterocycles. The minimum absolute atomic E-state index is 0.0615. The summed E-state index contributed by atoms with van der Waals surface area (Å²) >= 11 is 0. The summed E-state index contributed by atoms with van der Waals surface area (Å²) in [6.07, 6.45) is 1.44. The van der Waals surface area contributed by atoms with E-state index >= 15 is 0 Å². The lowest BCUT2D eigenvalue weighted by atomic mass is 10.1. The van der Waals surface area contributed by atoms with Crippen LogP contribution in [0.25, 0.3) is 6.08 Å². The maximum absolute atomic E-state index is 13.4. The molecule has 0 fully saturated rings. The van der Waals surface area contributed by atoms with Gasteiger partial charge in [-0.05, 0) is 68.5 Å². The van der Waals surface area contributed by atoms with Crippen molar-refractivity contribution in [3.05, 3.63) is 94.6 Å². The van der Waals surface area contributed by atoms with Crippen molar-refractivity contribution in [3.63, 3.8) is 0 Å². The fourth-order valence-corrected chi connectivity index (χ4v) is 4.00. The van der Waals surface area contributed by atoms with Gasteiger partial charge in [-0.1, -0.05) is 17.7 Å². The van der Waals surface area contributed by atoms with Gasteiger partial charge in [0.15, 0.2) is 0 Å². The first-order valence-electron chi connectivity index (χ1n) is 12.0. The molecule has 0 spiro atoms. The number of aryl methyl sites for hydroxylation is 1. The number of carbonyl (C=O) groups excluding carboxylic acids is 4. The fourth-order valence-electron chi connectivity index (χ4n) is 4.00. The number of carbonyl (C=O) groups is 4. The highest BCUT2D eigenvalue weighted by Crippen LogP contribution is 2.36. The molecular formula is C29H27N3O7. The van der Waals surface area contributed by atoms with E-state index in [-0.39, 0.29) is 23.5 Å². The van der Waals surface area contributed by atoms with Crippen molar-refractivity contribution in [1.82, 2.24) is 5.32 Å². The highest BCUT2D eigenvalue weighted by molar-refractivity contribution is 6.39. The summed E-state index contributed by atoms with van der Waals surface area (Å²) in [7, 11) is 2.78. The second kappa shape index (κ2) is 11.5. The Labute approximate surface area is 224 Å². The lowest BCUT2D eigenvalue weighted by Crippen LogP contribution is -2.34. The van der Waals surface area contributed by atoms with Gasteiger partial charge >= 0.3 is 17.8 Å². The first-order chi connectivity index (χ1) is 18.7. The van der Waals surface area contributed by atoms with Gasteiger partial charge < -0.3 is 24.5 Å². The number of nitrogens with one attached hydrogen (secondary N) is 2. The molecule has 39 heavy (non-hydrogen) atoms. The zero-order valence-corrected chi connectivity index (χ0v) is 21.9. The van der Waals surface area contributed by atoms with Crippen LogP contribution in [-0.2, 0) is 30.5 Å². The van der Waals surface area contributed by atoms with Crippen molar-refractivity contribution in [3.8, 4) is 5.75 Å². The lowest BCUT2D eigenvalue weighted by molar-refractivity contribution is -0.136. The molecule has 0 atom stereocenters. The summed E-state index contributed by atoms with van der Waals surface area (Å²) in [5.41, 5.74) is 2.69. The van der Waals surface area contributed by atoms with E-state index in [1.807, 2.05) is 19.1 Å². The van der Waals surface area contributed by atoms with Crippen molar-refractivity contribution in [2.24, 2.45) is 0 Å². The third-order valence-electron chi connectivity index (χ3n) is 6.03. The quantitative estimate of drug-likeness (QED) is 0.271. The molecule has 0 bridgehead atoms. The van der Waals surface area contributed by atoms with Gasteiger partial charge in [0.2, 0.25) is 0 Å². The molecule has 1 aliphatic heterocycles. The molecule has 200 valence electrons. The zero-order chi connectivity index (χ0) is 28.1. The first-order valence-corrected chi connectivity index (χ1v) is 12.0. The molecular weight excluding hydrogens is 502 g/mol. The van der Waals surface area contributed by atoms with Gasteiger partial charge in [0.1, 0.15) is 17.3 Å². The summed E-state index contributed by atoms with van der Waals surface area (Å²) < 4.78 is 15.8. The molecule has 2 heterocycles. The number of amides is 3. The summed E-state index contributed by atoms with van der Waals surface area (Å²) in [5, 5.41) is 5.02. The Kier molecular flexibility index (Phi) is 7.95. The number of ether oxygens (including phenoxy) is 2. The van der Waals surface area contributed by atoms with Crippen molar-refractivity contribution in [1.29, 1.82) is 0 Å². The van der Waals surface area contributed by atoms with Crippen molar-refractivity contribution in [2.45, 2.75) is 20.4 Å². The number of furan rings is 1. The Morgan fingerprint density at radius 3 is 2.26 bits per heavy atom. The van der Waals surface area contributed by atoms with Gasteiger partial charge in [-0.25, -0.2) is 4.79 Å². The predicted octanol–water partition coefficient (Wildman–Crippen LogP) is 3.73. The summed E-state index contributed by atoms with van der Waals surface area (Å²) in [6.45, 7) is 3.51. The highest BCUT2D eigenvalue weighted by atomic mass is 16.5. The van der Waals surface area contributed by atoms with E-state index in [9.17, 15) is 19.2 Å². The van der Waals surface area contributed by atoms with Crippen LogP contribution in [0.1, 0.15) is 24.0 Å². The number of rotatable bonds is 7. The molecule has 2 aromatic carbocycles. The van der Waals surface area contributed by atoms with Crippen molar-refractivity contribution >= 4 is 41.1 Å². The van der Waals surface area contributed by atoms with Gasteiger partial charge in [0.25, 0.3) is 5.91 Å². The van der Waals surface area contributed by atoms with E-state index in [1.165, 1.54) is 18.1 Å². The monoisotopic (exact) mass is 529 g/mol. The van der Waals surface area contributed by atoms with Crippen LogP contribution in [0.2, 0.25) is 0 Å². The number of hydrogen-bond acceptors (Lipinski definition) is 7. The second-order valence-electron chi connectivity index (χ2n) is 8.66. The summed E-state index contributed by atoms with van der Waals surface area (Å²) in [6, 6.07) is 17.1. The Bertz CT molecular complexity index is 1480. The molecule has 10 heteroatoms. The number of benzene rings is 2. The Balaban J connectivity index is 1.48. The van der Waals surface area contributed by atoms with Crippen LogP contribution < -0.4 is 20.3 Å². The molecule has 0 unspecified atom stereocenters. The third kappa shape index (κ3) is 5.90. The SMILES string of the molecule is COC(=O)C1=C(C)N(c2ccc(OC)cc2)C(=O)/C1=C\c1ccc(CNC(=O)C(=O)Nc2ccc(C)cc2)o1. The van der Waals surface area contributed by atoms with E-state index in [1.54, 1.807) is 62.6 Å². The van der Waals surface area contributed by atoms with E-state index in [0.29, 0.717) is 28.6 Å². The molecule has 0 aliphatic carbocycles. The summed E-state index contributed by atoms with van der Waals surface area (Å²) in [4.78, 5) is 51.8. The number of allylic oxidation sites excluding steroid dienone is 1. The number of methoxy groups -OCH3 is 2. The number of hydrogen-bond donors (Lipinski definition) is 2. The molecule has 3 aromatic rings. The molecule has 0 radical (unpaired) electrons. The standard InChI is InChI=1S/C29H27N3O7/c1-17-5-7-19(8-6-17)31-27(34)26(33)30-16-23-14-13-22(39-23)15-24-25(29(36)38-4)18(2)32(28(24)35)20-9-11-21(37-3)12-10-20/h5-15H,16H2,1-4H3,(H,30,33)(H,31,34)/b24-15-. The van der Waals surface area contributed by atoms with Gasteiger partial charge in [-0.2, -0.15) is 0 Å². The van der Waals surface area contributed by atoms with Crippen LogP contribution in [0.4, 0.5) is 11.4 Å². The third-order valence-corrected chi connectivity index (χ3v) is 6.03. The maximum Gasteiger partial charge on any atom is 0.340 e. The van der Waals surface area contributed by atoms with Gasteiger partial charge in [-0.15, -0.1) is 0 Å². The second-order valence-corrected chi connectivity index (χ2v) is 8.66. The minimum Gasteiger partial charge on any atom is -0.497 e. The van der Waals surface area contributed by atoms with Crippen LogP contribution in [-0.4, -0.2) is 37.9 Å². The zero-order valence-electron chi connectivity index (χ0n) is 21.9.